The Morgan fingerprint density at radius 3 is 1.55 bits per heavy atom. The molecule has 0 radical (unpaired) electrons. The van der Waals surface area contributed by atoms with Crippen LogP contribution in [-0.2, 0) is 9.47 Å². The second-order valence-corrected chi connectivity index (χ2v) is 6.39. The third-order valence-electron chi connectivity index (χ3n) is 2.71. The number of hydrogen-bond donors (Lipinski definition) is 0. The highest BCUT2D eigenvalue weighted by Gasteiger charge is 1.94. The van der Waals surface area contributed by atoms with Crippen molar-refractivity contribution in [1.29, 1.82) is 0 Å². The molecular formula is C17H39NO2. The molecule has 0 aliphatic rings. The quantitative estimate of drug-likeness (QED) is 0.535. The van der Waals surface area contributed by atoms with Crippen LogP contribution >= 0.6 is 0 Å². The van der Waals surface area contributed by atoms with Crippen LogP contribution in [0.5, 0.6) is 0 Å². The van der Waals surface area contributed by atoms with E-state index >= 15 is 0 Å². The van der Waals surface area contributed by atoms with Crippen molar-refractivity contribution in [3.8, 4) is 0 Å². The van der Waals surface area contributed by atoms with Gasteiger partial charge in [0.05, 0.1) is 6.61 Å². The van der Waals surface area contributed by atoms with Gasteiger partial charge in [-0.3, -0.25) is 0 Å². The molecule has 0 aromatic carbocycles. The molecule has 0 unspecified atom stereocenters. The van der Waals surface area contributed by atoms with Crippen LogP contribution in [0.25, 0.3) is 0 Å². The molecular weight excluding hydrogens is 250 g/mol. The summed E-state index contributed by atoms with van der Waals surface area (Å²) in [5.41, 5.74) is 0. The molecule has 0 saturated heterocycles. The lowest BCUT2D eigenvalue weighted by molar-refractivity contribution is 0.109. The van der Waals surface area contributed by atoms with Gasteiger partial charge in [0.25, 0.3) is 0 Å². The van der Waals surface area contributed by atoms with Gasteiger partial charge in [0.1, 0.15) is 0 Å². The predicted octanol–water partition coefficient (Wildman–Crippen LogP) is 4.07. The van der Waals surface area contributed by atoms with E-state index in [2.05, 4.69) is 53.6 Å². The highest BCUT2D eigenvalue weighted by atomic mass is 16.5. The minimum atomic E-state index is 0.759. The van der Waals surface area contributed by atoms with E-state index in [9.17, 15) is 0 Å². The largest absolute Gasteiger partial charge is 0.381 e. The Hall–Kier alpha value is -0.120. The van der Waals surface area contributed by atoms with E-state index < -0.39 is 0 Å². The lowest BCUT2D eigenvalue weighted by Crippen LogP contribution is -2.18. The fraction of sp³-hybridized carbons (Fsp3) is 1.00. The smallest absolute Gasteiger partial charge is 0.0593 e. The van der Waals surface area contributed by atoms with Gasteiger partial charge in [-0.25, -0.2) is 0 Å². The van der Waals surface area contributed by atoms with Crippen molar-refractivity contribution in [2.45, 2.75) is 53.9 Å². The minimum Gasteiger partial charge on any atom is -0.381 e. The van der Waals surface area contributed by atoms with Crippen LogP contribution in [0.15, 0.2) is 0 Å². The predicted molar refractivity (Wildman–Crippen MR) is 89.4 cm³/mol. The van der Waals surface area contributed by atoms with E-state index in [0.717, 1.165) is 51.2 Å². The molecule has 20 heavy (non-hydrogen) atoms. The number of hydrogen-bond acceptors (Lipinski definition) is 3. The molecule has 0 fully saturated rings. The zero-order valence-electron chi connectivity index (χ0n) is 15.1. The highest BCUT2D eigenvalue weighted by molar-refractivity contribution is 4.44. The van der Waals surface area contributed by atoms with Gasteiger partial charge < -0.3 is 14.4 Å². The summed E-state index contributed by atoms with van der Waals surface area (Å²) in [7, 11) is 4.12. The molecule has 0 heterocycles. The molecule has 0 saturated carbocycles. The summed E-state index contributed by atoms with van der Waals surface area (Å²) < 4.78 is 10.7. The average molecular weight is 290 g/mol. The van der Waals surface area contributed by atoms with E-state index in [0.29, 0.717) is 0 Å². The van der Waals surface area contributed by atoms with Crippen molar-refractivity contribution in [3.05, 3.63) is 0 Å². The number of likely N-dealkylation sites (N-methyl/N-ethyl adjacent to an activating group) is 1. The molecule has 0 amide bonds. The van der Waals surface area contributed by atoms with Crippen molar-refractivity contribution >= 4 is 0 Å². The maximum Gasteiger partial charge on any atom is 0.0593 e. The molecule has 3 heteroatoms. The van der Waals surface area contributed by atoms with Gasteiger partial charge in [-0.05, 0) is 45.2 Å². The van der Waals surface area contributed by atoms with E-state index in [1.807, 2.05) is 0 Å². The summed E-state index contributed by atoms with van der Waals surface area (Å²) in [6.07, 6.45) is 3.51. The monoisotopic (exact) mass is 289 g/mol. The topological polar surface area (TPSA) is 21.7 Å². The lowest BCUT2D eigenvalue weighted by Gasteiger charge is -2.10. The van der Waals surface area contributed by atoms with Crippen molar-refractivity contribution in [2.75, 3.05) is 47.1 Å². The highest BCUT2D eigenvalue weighted by Crippen LogP contribution is 1.99. The standard InChI is InChI=1S/C9H21NO.C8H18O/c1-9(2)5-7-11-8-6-10(3)4;1-4-6-9-7-5-8(2)3/h9H,5-8H2,1-4H3;8H,4-7H2,1-3H3. The Morgan fingerprint density at radius 1 is 0.750 bits per heavy atom. The van der Waals surface area contributed by atoms with E-state index in [1.165, 1.54) is 12.8 Å². The van der Waals surface area contributed by atoms with Gasteiger partial charge in [-0.2, -0.15) is 0 Å². The summed E-state index contributed by atoms with van der Waals surface area (Å²) in [5.74, 6) is 1.54. The van der Waals surface area contributed by atoms with Gasteiger partial charge in [-0.1, -0.05) is 34.6 Å². The molecule has 0 aliphatic heterocycles. The van der Waals surface area contributed by atoms with Crippen LogP contribution in [0.3, 0.4) is 0 Å². The average Bonchev–Trinajstić information content (AvgIpc) is 2.34. The van der Waals surface area contributed by atoms with Gasteiger partial charge in [0, 0.05) is 26.4 Å². The lowest BCUT2D eigenvalue weighted by atomic mass is 10.1. The molecule has 0 aliphatic carbocycles. The second kappa shape index (κ2) is 16.9. The first-order valence-corrected chi connectivity index (χ1v) is 8.20. The first-order chi connectivity index (χ1) is 9.40. The molecule has 0 bridgehead atoms. The fourth-order valence-corrected chi connectivity index (χ4v) is 1.23. The van der Waals surface area contributed by atoms with Crippen molar-refractivity contribution in [1.82, 2.24) is 4.90 Å². The van der Waals surface area contributed by atoms with Gasteiger partial charge in [-0.15, -0.1) is 0 Å². The third kappa shape index (κ3) is 26.4. The maximum atomic E-state index is 5.41. The van der Waals surface area contributed by atoms with Crippen molar-refractivity contribution < 1.29 is 9.47 Å². The minimum absolute atomic E-state index is 0.759. The SMILES string of the molecule is CC(C)CCOCCN(C)C.CCCOCCC(C)C. The number of nitrogens with zero attached hydrogens (tertiary/aromatic N) is 1. The Labute approximate surface area is 128 Å². The first kappa shape index (κ1) is 22.2. The van der Waals surface area contributed by atoms with Crippen molar-refractivity contribution in [2.24, 2.45) is 11.8 Å². The second-order valence-electron chi connectivity index (χ2n) is 6.39. The molecule has 0 aromatic heterocycles. The van der Waals surface area contributed by atoms with Gasteiger partial charge in [0.2, 0.25) is 0 Å². The zero-order valence-corrected chi connectivity index (χ0v) is 15.1. The van der Waals surface area contributed by atoms with Gasteiger partial charge >= 0.3 is 0 Å². The van der Waals surface area contributed by atoms with E-state index in [1.54, 1.807) is 0 Å². The Balaban J connectivity index is 0. The zero-order chi connectivity index (χ0) is 15.8. The van der Waals surface area contributed by atoms with E-state index in [4.69, 9.17) is 9.47 Å². The Bertz CT molecular complexity index is 160. The van der Waals surface area contributed by atoms with Crippen LogP contribution < -0.4 is 0 Å². The third-order valence-corrected chi connectivity index (χ3v) is 2.71. The summed E-state index contributed by atoms with van der Waals surface area (Å²) in [4.78, 5) is 2.13. The Kier molecular flexibility index (Phi) is 18.8. The summed E-state index contributed by atoms with van der Waals surface area (Å²) >= 11 is 0. The van der Waals surface area contributed by atoms with Gasteiger partial charge in [0.15, 0.2) is 0 Å². The number of rotatable bonds is 11. The maximum absolute atomic E-state index is 5.41. The van der Waals surface area contributed by atoms with Crippen molar-refractivity contribution in [3.63, 3.8) is 0 Å². The summed E-state index contributed by atoms with van der Waals surface area (Å²) in [5, 5.41) is 0. The Morgan fingerprint density at radius 2 is 1.20 bits per heavy atom. The van der Waals surface area contributed by atoms with Crippen LogP contribution in [0, 0.1) is 11.8 Å². The van der Waals surface area contributed by atoms with Crippen LogP contribution in [0.1, 0.15) is 53.9 Å². The molecule has 0 atom stereocenters. The van der Waals surface area contributed by atoms with E-state index in [-0.39, 0.29) is 0 Å². The fourth-order valence-electron chi connectivity index (χ4n) is 1.23. The summed E-state index contributed by atoms with van der Waals surface area (Å²) in [6, 6.07) is 0. The first-order valence-electron chi connectivity index (χ1n) is 8.20. The molecule has 0 N–H and O–H groups in total. The molecule has 3 nitrogen and oxygen atoms in total. The normalized spacial score (nSPS) is 11.1. The molecule has 0 rings (SSSR count). The molecule has 124 valence electrons. The summed E-state index contributed by atoms with van der Waals surface area (Å²) in [6.45, 7) is 15.7. The van der Waals surface area contributed by atoms with Crippen LogP contribution in [0.2, 0.25) is 0 Å². The number of ether oxygens (including phenoxy) is 2. The molecule has 0 spiro atoms. The molecule has 0 aromatic rings. The van der Waals surface area contributed by atoms with Crippen LogP contribution in [-0.4, -0.2) is 52.0 Å². The van der Waals surface area contributed by atoms with Crippen LogP contribution in [0.4, 0.5) is 0 Å².